The molecule has 234 valence electrons. The number of benzene rings is 7. The normalized spacial score (nSPS) is 11.6. The van der Waals surface area contributed by atoms with Crippen LogP contribution in [0.4, 0.5) is 0 Å². The number of nitrogens with zero attached hydrogens (tertiary/aromatic N) is 3. The minimum Gasteiger partial charge on any atom is -0.456 e. The first-order valence-electron chi connectivity index (χ1n) is 16.8. The Morgan fingerprint density at radius 3 is 1.70 bits per heavy atom. The lowest BCUT2D eigenvalue weighted by atomic mass is 9.93. The highest BCUT2D eigenvalue weighted by Crippen LogP contribution is 2.42. The first kappa shape index (κ1) is 28.3. The van der Waals surface area contributed by atoms with E-state index in [1.54, 1.807) is 0 Å². The standard InChI is InChI=1S/C46H29N3O/c1-2-15-30(16-3-1)46-47-38(32-18-5-4-17-31(32)35-23-14-28-44-45(35)37-22-9-13-27-43(37)50-44)29-39(48-46)36-21-8-12-26-42(36)49-40-24-10-6-19-33(40)34-20-7-11-25-41(34)49/h1-29H. The van der Waals surface area contributed by atoms with Gasteiger partial charge in [-0.15, -0.1) is 0 Å². The summed E-state index contributed by atoms with van der Waals surface area (Å²) < 4.78 is 8.66. The average Bonchev–Trinajstić information content (AvgIpc) is 3.74. The van der Waals surface area contributed by atoms with Crippen LogP contribution in [0.1, 0.15) is 0 Å². The number of aromatic nitrogens is 3. The molecule has 0 aliphatic rings. The van der Waals surface area contributed by atoms with Crippen LogP contribution in [0.15, 0.2) is 180 Å². The van der Waals surface area contributed by atoms with Gasteiger partial charge in [0.2, 0.25) is 0 Å². The van der Waals surface area contributed by atoms with Gasteiger partial charge >= 0.3 is 0 Å². The summed E-state index contributed by atoms with van der Waals surface area (Å²) in [5, 5.41) is 4.65. The van der Waals surface area contributed by atoms with Crippen LogP contribution in [0.3, 0.4) is 0 Å². The van der Waals surface area contributed by atoms with Crippen LogP contribution < -0.4 is 0 Å². The number of fused-ring (bicyclic) bond motifs is 6. The highest BCUT2D eigenvalue weighted by molar-refractivity contribution is 6.14. The van der Waals surface area contributed by atoms with Crippen LogP contribution >= 0.6 is 0 Å². The van der Waals surface area contributed by atoms with Crippen molar-refractivity contribution in [3.63, 3.8) is 0 Å². The van der Waals surface area contributed by atoms with E-state index in [0.29, 0.717) is 5.82 Å². The summed E-state index contributed by atoms with van der Waals surface area (Å²) in [4.78, 5) is 10.5. The largest absolute Gasteiger partial charge is 0.456 e. The van der Waals surface area contributed by atoms with E-state index in [-0.39, 0.29) is 0 Å². The maximum Gasteiger partial charge on any atom is 0.160 e. The summed E-state index contributed by atoms with van der Waals surface area (Å²) in [7, 11) is 0. The van der Waals surface area contributed by atoms with E-state index in [0.717, 1.165) is 77.9 Å². The Morgan fingerprint density at radius 2 is 0.940 bits per heavy atom. The summed E-state index contributed by atoms with van der Waals surface area (Å²) in [5.74, 6) is 0.678. The molecule has 4 heteroatoms. The summed E-state index contributed by atoms with van der Waals surface area (Å²) in [5.41, 5.74) is 12.0. The number of hydrogen-bond donors (Lipinski definition) is 0. The zero-order chi connectivity index (χ0) is 33.0. The van der Waals surface area contributed by atoms with E-state index in [1.165, 1.54) is 10.8 Å². The summed E-state index contributed by atoms with van der Waals surface area (Å²) in [6, 6.07) is 61.3. The van der Waals surface area contributed by atoms with Crippen LogP contribution in [0.5, 0.6) is 0 Å². The molecule has 7 aromatic carbocycles. The first-order valence-corrected chi connectivity index (χ1v) is 16.8. The number of rotatable bonds is 5. The van der Waals surface area contributed by atoms with Crippen LogP contribution in [0.2, 0.25) is 0 Å². The SMILES string of the molecule is c1ccc(-c2nc(-c3ccccc3-c3cccc4oc5ccccc5c34)cc(-c3ccccc3-n3c4ccccc4c4ccccc43)n2)cc1. The Kier molecular flexibility index (Phi) is 6.46. The van der Waals surface area contributed by atoms with Crippen molar-refractivity contribution in [2.24, 2.45) is 0 Å². The van der Waals surface area contributed by atoms with E-state index in [9.17, 15) is 0 Å². The highest BCUT2D eigenvalue weighted by atomic mass is 16.3. The van der Waals surface area contributed by atoms with Crippen molar-refractivity contribution in [2.45, 2.75) is 0 Å². The van der Waals surface area contributed by atoms with E-state index in [4.69, 9.17) is 14.4 Å². The highest BCUT2D eigenvalue weighted by Gasteiger charge is 2.20. The molecular formula is C46H29N3O. The van der Waals surface area contributed by atoms with E-state index >= 15 is 0 Å². The molecule has 4 nitrogen and oxygen atoms in total. The summed E-state index contributed by atoms with van der Waals surface area (Å²) in [6.07, 6.45) is 0. The van der Waals surface area contributed by atoms with Crippen LogP contribution in [0.25, 0.3) is 94.5 Å². The third-order valence-corrected chi connectivity index (χ3v) is 9.65. The molecule has 0 amide bonds. The molecule has 10 aromatic rings. The summed E-state index contributed by atoms with van der Waals surface area (Å²) in [6.45, 7) is 0. The zero-order valence-electron chi connectivity index (χ0n) is 27.0. The van der Waals surface area contributed by atoms with Crippen molar-refractivity contribution in [1.82, 2.24) is 14.5 Å². The number of hydrogen-bond acceptors (Lipinski definition) is 3. The second-order valence-electron chi connectivity index (χ2n) is 12.5. The molecule has 3 heterocycles. The average molecular weight is 640 g/mol. The monoisotopic (exact) mass is 639 g/mol. The van der Waals surface area contributed by atoms with Crippen molar-refractivity contribution in [1.29, 1.82) is 0 Å². The zero-order valence-corrected chi connectivity index (χ0v) is 27.0. The van der Waals surface area contributed by atoms with Crippen LogP contribution in [0, 0.1) is 0 Å². The lowest BCUT2D eigenvalue weighted by Gasteiger charge is -2.16. The Labute approximate surface area is 288 Å². The minimum atomic E-state index is 0.678. The van der Waals surface area contributed by atoms with Crippen molar-refractivity contribution in [3.05, 3.63) is 176 Å². The van der Waals surface area contributed by atoms with Crippen molar-refractivity contribution in [2.75, 3.05) is 0 Å². The molecule has 50 heavy (non-hydrogen) atoms. The quantitative estimate of drug-likeness (QED) is 0.188. The number of para-hydroxylation sites is 4. The lowest BCUT2D eigenvalue weighted by Crippen LogP contribution is -2.01. The van der Waals surface area contributed by atoms with E-state index in [2.05, 4.69) is 144 Å². The molecule has 0 unspecified atom stereocenters. The Bertz CT molecular complexity index is 2830. The topological polar surface area (TPSA) is 43.9 Å². The molecule has 3 aromatic heterocycles. The van der Waals surface area contributed by atoms with Gasteiger partial charge in [-0.1, -0.05) is 140 Å². The van der Waals surface area contributed by atoms with Crippen LogP contribution in [-0.4, -0.2) is 14.5 Å². The molecule has 0 aliphatic heterocycles. The molecule has 0 fully saturated rings. The molecule has 0 bridgehead atoms. The minimum absolute atomic E-state index is 0.678. The Morgan fingerprint density at radius 1 is 0.400 bits per heavy atom. The van der Waals surface area contributed by atoms with Gasteiger partial charge in [0.25, 0.3) is 0 Å². The molecule has 0 N–H and O–H groups in total. The third-order valence-electron chi connectivity index (χ3n) is 9.65. The van der Waals surface area contributed by atoms with Gasteiger partial charge in [0.05, 0.1) is 28.1 Å². The summed E-state index contributed by atoms with van der Waals surface area (Å²) >= 11 is 0. The fourth-order valence-corrected chi connectivity index (χ4v) is 7.45. The first-order chi connectivity index (χ1) is 24.8. The molecule has 0 spiro atoms. The van der Waals surface area contributed by atoms with Gasteiger partial charge in [-0.25, -0.2) is 9.97 Å². The lowest BCUT2D eigenvalue weighted by molar-refractivity contribution is 0.669. The fourth-order valence-electron chi connectivity index (χ4n) is 7.45. The number of furan rings is 1. The Balaban J connectivity index is 1.24. The second kappa shape index (κ2) is 11.4. The smallest absolute Gasteiger partial charge is 0.160 e. The van der Waals surface area contributed by atoms with Gasteiger partial charge < -0.3 is 8.98 Å². The van der Waals surface area contributed by atoms with Gasteiger partial charge in [0.15, 0.2) is 5.82 Å². The van der Waals surface area contributed by atoms with Gasteiger partial charge in [-0.05, 0) is 47.5 Å². The van der Waals surface area contributed by atoms with Crippen LogP contribution in [-0.2, 0) is 0 Å². The second-order valence-corrected chi connectivity index (χ2v) is 12.5. The predicted molar refractivity (Wildman–Crippen MR) is 205 cm³/mol. The fraction of sp³-hybridized carbons (Fsp3) is 0. The third kappa shape index (κ3) is 4.46. The molecule has 0 radical (unpaired) electrons. The van der Waals surface area contributed by atoms with Crippen molar-refractivity contribution < 1.29 is 4.42 Å². The maximum atomic E-state index is 6.30. The van der Waals surface area contributed by atoms with Gasteiger partial charge in [-0.3, -0.25) is 0 Å². The van der Waals surface area contributed by atoms with Gasteiger partial charge in [0, 0.05) is 38.2 Å². The van der Waals surface area contributed by atoms with Gasteiger partial charge in [0.1, 0.15) is 11.2 Å². The molecule has 0 saturated heterocycles. The molecule has 0 atom stereocenters. The molecular weight excluding hydrogens is 611 g/mol. The predicted octanol–water partition coefficient (Wildman–Crippen LogP) is 12.1. The van der Waals surface area contributed by atoms with E-state index < -0.39 is 0 Å². The molecule has 10 rings (SSSR count). The Hall–Kier alpha value is -6.78. The van der Waals surface area contributed by atoms with Crippen molar-refractivity contribution >= 4 is 43.7 Å². The molecule has 0 saturated carbocycles. The van der Waals surface area contributed by atoms with E-state index in [1.807, 2.05) is 36.4 Å². The van der Waals surface area contributed by atoms with Gasteiger partial charge in [-0.2, -0.15) is 0 Å². The maximum absolute atomic E-state index is 6.30. The molecule has 0 aliphatic carbocycles. The van der Waals surface area contributed by atoms with Crippen molar-refractivity contribution in [3.8, 4) is 50.7 Å².